The highest BCUT2D eigenvalue weighted by Crippen LogP contribution is 2.42. The first kappa shape index (κ1) is 37.0. The average molecular weight is 665 g/mol. The Bertz CT molecular complexity index is 1900. The fraction of sp³-hybridized carbons (Fsp3) is 0.375. The van der Waals surface area contributed by atoms with Gasteiger partial charge in [-0.3, -0.25) is 0 Å². The van der Waals surface area contributed by atoms with Gasteiger partial charge < -0.3 is 9.80 Å². The summed E-state index contributed by atoms with van der Waals surface area (Å²) in [5.74, 6) is 0. The van der Waals surface area contributed by atoms with Gasteiger partial charge in [-0.2, -0.15) is 0 Å². The van der Waals surface area contributed by atoms with Crippen LogP contribution in [-0.4, -0.2) is 0 Å². The lowest BCUT2D eigenvalue weighted by Crippen LogP contribution is -2.20. The third-order valence-electron chi connectivity index (χ3n) is 10.1. The van der Waals surface area contributed by atoms with E-state index in [0.29, 0.717) is 0 Å². The van der Waals surface area contributed by atoms with E-state index in [1.54, 1.807) is 0 Å². The average Bonchev–Trinajstić information content (AvgIpc) is 3.26. The van der Waals surface area contributed by atoms with Crippen LogP contribution in [0.3, 0.4) is 0 Å². The lowest BCUT2D eigenvalue weighted by Gasteiger charge is -2.32. The van der Waals surface area contributed by atoms with Crippen molar-refractivity contribution in [2.24, 2.45) is 0 Å². The zero-order valence-electron chi connectivity index (χ0n) is 33.3. The van der Waals surface area contributed by atoms with Crippen molar-refractivity contribution >= 4 is 22.7 Å². The Balaban J connectivity index is 1.70. The summed E-state index contributed by atoms with van der Waals surface area (Å²) in [7, 11) is 0. The molecule has 0 spiro atoms. The molecular formula is C48H60N2. The SMILES string of the molecule is Cc1ccc(N(C2=CC=C(N(c3ccc(C(C)(C)C)cc3)c3c(C)cc(C(C)(C)C)cc3C)C=CC2)c2c(C)cc(C(C)(C)C)cc2C)cc1. The van der Waals surface area contributed by atoms with E-state index in [9.17, 15) is 0 Å². The van der Waals surface area contributed by atoms with Gasteiger partial charge in [0.15, 0.2) is 0 Å². The standard InChI is InChI=1S/C48H60N2/c1-32-18-22-42(23-19-32)49(44-33(2)28-38(29-34(44)3)47(9,10)11)40-16-15-17-41(27-26-40)50(43-24-20-37(21-25-43)46(6,7)8)45-35(4)30-39(31-36(45)5)48(12,13)14/h15,17-31H,16H2,1-14H3. The van der Waals surface area contributed by atoms with Crippen LogP contribution in [0.4, 0.5) is 22.7 Å². The van der Waals surface area contributed by atoms with Crippen molar-refractivity contribution in [2.45, 2.75) is 120 Å². The zero-order valence-corrected chi connectivity index (χ0v) is 33.3. The highest BCUT2D eigenvalue weighted by atomic mass is 15.2. The molecule has 50 heavy (non-hydrogen) atoms. The predicted molar refractivity (Wildman–Crippen MR) is 220 cm³/mol. The van der Waals surface area contributed by atoms with Gasteiger partial charge in [0, 0.05) is 29.2 Å². The summed E-state index contributed by atoms with van der Waals surface area (Å²) in [5.41, 5.74) is 18.0. The molecule has 0 saturated carbocycles. The van der Waals surface area contributed by atoms with Gasteiger partial charge in [0.1, 0.15) is 0 Å². The van der Waals surface area contributed by atoms with Crippen LogP contribution < -0.4 is 9.80 Å². The Kier molecular flexibility index (Phi) is 10.2. The summed E-state index contributed by atoms with van der Waals surface area (Å²) in [4.78, 5) is 4.95. The molecule has 4 aromatic carbocycles. The molecule has 0 heterocycles. The van der Waals surface area contributed by atoms with Gasteiger partial charge in [-0.1, -0.05) is 122 Å². The van der Waals surface area contributed by atoms with Crippen LogP contribution in [0.1, 0.15) is 113 Å². The highest BCUT2D eigenvalue weighted by molar-refractivity contribution is 5.78. The van der Waals surface area contributed by atoms with E-state index in [-0.39, 0.29) is 16.2 Å². The van der Waals surface area contributed by atoms with Gasteiger partial charge in [0.25, 0.3) is 0 Å². The van der Waals surface area contributed by atoms with Gasteiger partial charge in [0.2, 0.25) is 0 Å². The van der Waals surface area contributed by atoms with E-state index in [4.69, 9.17) is 0 Å². The van der Waals surface area contributed by atoms with E-state index >= 15 is 0 Å². The summed E-state index contributed by atoms with van der Waals surface area (Å²) in [6.07, 6.45) is 10.1. The molecule has 0 atom stereocenters. The maximum atomic E-state index is 2.48. The molecule has 0 radical (unpaired) electrons. The summed E-state index contributed by atoms with van der Waals surface area (Å²) in [6, 6.07) is 27.7. The molecule has 2 nitrogen and oxygen atoms in total. The van der Waals surface area contributed by atoms with Crippen LogP contribution >= 0.6 is 0 Å². The molecule has 0 aromatic heterocycles. The van der Waals surface area contributed by atoms with Crippen LogP contribution in [0, 0.1) is 34.6 Å². The lowest BCUT2D eigenvalue weighted by atomic mass is 9.84. The first-order chi connectivity index (χ1) is 23.3. The fourth-order valence-corrected chi connectivity index (χ4v) is 7.05. The number of anilines is 4. The first-order valence-corrected chi connectivity index (χ1v) is 18.3. The summed E-state index contributed by atoms with van der Waals surface area (Å²) in [6.45, 7) is 31.9. The summed E-state index contributed by atoms with van der Waals surface area (Å²) < 4.78 is 0. The molecule has 0 aliphatic heterocycles. The fourth-order valence-electron chi connectivity index (χ4n) is 7.05. The van der Waals surface area contributed by atoms with Crippen molar-refractivity contribution in [3.63, 3.8) is 0 Å². The number of benzene rings is 4. The maximum Gasteiger partial charge on any atom is 0.0520 e. The van der Waals surface area contributed by atoms with E-state index in [1.165, 1.54) is 73.0 Å². The maximum absolute atomic E-state index is 2.48. The molecule has 0 fully saturated rings. The third-order valence-corrected chi connectivity index (χ3v) is 10.1. The van der Waals surface area contributed by atoms with Crippen molar-refractivity contribution in [3.05, 3.63) is 153 Å². The van der Waals surface area contributed by atoms with Crippen LogP contribution in [0.5, 0.6) is 0 Å². The van der Waals surface area contributed by atoms with Crippen LogP contribution in [0.15, 0.2) is 108 Å². The Morgan fingerprint density at radius 3 is 1.30 bits per heavy atom. The molecule has 1 aliphatic rings. The van der Waals surface area contributed by atoms with E-state index in [1.807, 2.05) is 0 Å². The molecule has 2 heteroatoms. The smallest absolute Gasteiger partial charge is 0.0520 e. The predicted octanol–water partition coefficient (Wildman–Crippen LogP) is 13.8. The lowest BCUT2D eigenvalue weighted by molar-refractivity contribution is 0.589. The van der Waals surface area contributed by atoms with Crippen molar-refractivity contribution in [3.8, 4) is 0 Å². The minimum Gasteiger partial charge on any atom is -0.313 e. The molecule has 0 N–H and O–H groups in total. The van der Waals surface area contributed by atoms with E-state index < -0.39 is 0 Å². The second kappa shape index (κ2) is 13.8. The van der Waals surface area contributed by atoms with Crippen molar-refractivity contribution in [1.82, 2.24) is 0 Å². The second-order valence-corrected chi connectivity index (χ2v) is 17.6. The van der Waals surface area contributed by atoms with Crippen molar-refractivity contribution in [2.75, 3.05) is 9.80 Å². The number of allylic oxidation sites excluding steroid dienone is 4. The zero-order chi connectivity index (χ0) is 36.8. The Hall–Kier alpha value is -4.30. The number of aryl methyl sites for hydroxylation is 5. The molecule has 0 unspecified atom stereocenters. The van der Waals surface area contributed by atoms with Crippen molar-refractivity contribution < 1.29 is 0 Å². The van der Waals surface area contributed by atoms with E-state index in [0.717, 1.165) is 12.1 Å². The van der Waals surface area contributed by atoms with Crippen LogP contribution in [0.2, 0.25) is 0 Å². The van der Waals surface area contributed by atoms with Crippen molar-refractivity contribution in [1.29, 1.82) is 0 Å². The molecule has 262 valence electrons. The molecular weight excluding hydrogens is 605 g/mol. The van der Waals surface area contributed by atoms with Gasteiger partial charge in [-0.15, -0.1) is 0 Å². The van der Waals surface area contributed by atoms with Gasteiger partial charge in [-0.05, 0) is 132 Å². The Labute approximate surface area is 304 Å². The Morgan fingerprint density at radius 2 is 0.860 bits per heavy atom. The number of nitrogens with zero attached hydrogens (tertiary/aromatic N) is 2. The van der Waals surface area contributed by atoms with Gasteiger partial charge in [0.05, 0.1) is 11.4 Å². The minimum absolute atomic E-state index is 0.0765. The highest BCUT2D eigenvalue weighted by Gasteiger charge is 2.25. The largest absolute Gasteiger partial charge is 0.313 e. The Morgan fingerprint density at radius 1 is 0.460 bits per heavy atom. The monoisotopic (exact) mass is 664 g/mol. The molecule has 0 saturated heterocycles. The molecule has 4 aromatic rings. The summed E-state index contributed by atoms with van der Waals surface area (Å²) in [5, 5.41) is 0. The third kappa shape index (κ3) is 7.86. The number of rotatable bonds is 6. The normalized spacial score (nSPS) is 13.9. The van der Waals surface area contributed by atoms with Gasteiger partial charge in [-0.25, -0.2) is 0 Å². The molecule has 5 rings (SSSR count). The second-order valence-electron chi connectivity index (χ2n) is 17.6. The van der Waals surface area contributed by atoms with Crippen LogP contribution in [-0.2, 0) is 16.2 Å². The topological polar surface area (TPSA) is 6.48 Å². The number of hydrogen-bond donors (Lipinski definition) is 0. The molecule has 1 aliphatic carbocycles. The molecule has 0 amide bonds. The first-order valence-electron chi connectivity index (χ1n) is 18.3. The van der Waals surface area contributed by atoms with Crippen LogP contribution in [0.25, 0.3) is 0 Å². The van der Waals surface area contributed by atoms with E-state index in [2.05, 4.69) is 204 Å². The van der Waals surface area contributed by atoms with Gasteiger partial charge >= 0.3 is 0 Å². The minimum atomic E-state index is 0.0765. The summed E-state index contributed by atoms with van der Waals surface area (Å²) >= 11 is 0. The number of hydrogen-bond acceptors (Lipinski definition) is 2. The molecule has 0 bridgehead atoms. The quantitative estimate of drug-likeness (QED) is 0.202.